The molecule has 0 atom stereocenters. The van der Waals surface area contributed by atoms with E-state index in [0.29, 0.717) is 28.8 Å². The number of carbonyl (C=O) groups is 1. The number of thioether (sulfide) groups is 1. The molecule has 1 amide bonds. The molecule has 8 nitrogen and oxygen atoms in total. The minimum Gasteiger partial charge on any atom is -0.451 e. The fraction of sp³-hybridized carbons (Fsp3) is 0.182. The number of hydrogen-bond acceptors (Lipinski definition) is 6. The Bertz CT molecular complexity index is 1290. The lowest BCUT2D eigenvalue weighted by Gasteiger charge is -2.05. The molecule has 31 heavy (non-hydrogen) atoms. The van der Waals surface area contributed by atoms with E-state index in [-0.39, 0.29) is 5.91 Å². The van der Waals surface area contributed by atoms with E-state index >= 15 is 0 Å². The Morgan fingerprint density at radius 3 is 2.87 bits per heavy atom. The van der Waals surface area contributed by atoms with E-state index in [1.165, 1.54) is 18.1 Å². The average Bonchev–Trinajstić information content (AvgIpc) is 3.53. The standard InChI is InChI=1S/C22H20N6O2S/c29-21(23-11-5-10-19-26-16-7-2-3-8-17(16)27-19)20-15(12-31-22-24-13-25-28-22)14-6-1-4-9-18(14)30-20/h1-4,6-9,13H,5,10-12H2,(H,23,29)(H,26,27)(H,24,25,28). The van der Waals surface area contributed by atoms with E-state index in [4.69, 9.17) is 4.42 Å². The topological polar surface area (TPSA) is 112 Å². The highest BCUT2D eigenvalue weighted by atomic mass is 32.2. The number of amides is 1. The molecule has 3 aromatic heterocycles. The summed E-state index contributed by atoms with van der Waals surface area (Å²) in [4.78, 5) is 24.9. The maximum absolute atomic E-state index is 12.9. The Kier molecular flexibility index (Phi) is 5.40. The summed E-state index contributed by atoms with van der Waals surface area (Å²) in [6.45, 7) is 0.529. The Hall–Kier alpha value is -3.59. The van der Waals surface area contributed by atoms with Crippen LogP contribution in [0.4, 0.5) is 0 Å². The van der Waals surface area contributed by atoms with Crippen LogP contribution in [0.25, 0.3) is 22.0 Å². The second kappa shape index (κ2) is 8.65. The number of nitrogens with zero attached hydrogens (tertiary/aromatic N) is 3. The third-order valence-electron chi connectivity index (χ3n) is 4.96. The maximum atomic E-state index is 12.9. The lowest BCUT2D eigenvalue weighted by molar-refractivity contribution is 0.0926. The normalized spacial score (nSPS) is 11.4. The van der Waals surface area contributed by atoms with Crippen molar-refractivity contribution < 1.29 is 9.21 Å². The molecule has 0 saturated heterocycles. The largest absolute Gasteiger partial charge is 0.451 e. The Morgan fingerprint density at radius 2 is 2.00 bits per heavy atom. The van der Waals surface area contributed by atoms with Crippen LogP contribution in [-0.2, 0) is 12.2 Å². The van der Waals surface area contributed by atoms with E-state index in [0.717, 1.165) is 40.6 Å². The molecule has 2 aromatic carbocycles. The summed E-state index contributed by atoms with van der Waals surface area (Å²) >= 11 is 1.48. The van der Waals surface area contributed by atoms with Gasteiger partial charge in [0, 0.05) is 29.7 Å². The predicted octanol–water partition coefficient (Wildman–Crippen LogP) is 4.08. The van der Waals surface area contributed by atoms with E-state index in [1.54, 1.807) is 0 Å². The smallest absolute Gasteiger partial charge is 0.287 e. The third kappa shape index (κ3) is 4.17. The number of para-hydroxylation sites is 3. The first kappa shape index (κ1) is 19.4. The monoisotopic (exact) mass is 432 g/mol. The second-order valence-electron chi connectivity index (χ2n) is 7.05. The molecule has 0 saturated carbocycles. The summed E-state index contributed by atoms with van der Waals surface area (Å²) in [5.74, 6) is 1.60. The summed E-state index contributed by atoms with van der Waals surface area (Å²) in [6.07, 6.45) is 2.99. The van der Waals surface area contributed by atoms with Gasteiger partial charge in [0.1, 0.15) is 17.7 Å². The maximum Gasteiger partial charge on any atom is 0.287 e. The van der Waals surface area contributed by atoms with Crippen LogP contribution in [0.15, 0.2) is 64.4 Å². The molecular formula is C22H20N6O2S. The van der Waals surface area contributed by atoms with Crippen LogP contribution in [0.5, 0.6) is 0 Å². The van der Waals surface area contributed by atoms with Crippen molar-refractivity contribution in [1.29, 1.82) is 0 Å². The highest BCUT2D eigenvalue weighted by Crippen LogP contribution is 2.30. The predicted molar refractivity (Wildman–Crippen MR) is 119 cm³/mol. The zero-order valence-electron chi connectivity index (χ0n) is 16.6. The number of H-pyrrole nitrogens is 2. The number of benzene rings is 2. The Balaban J connectivity index is 1.24. The molecule has 0 fully saturated rings. The van der Waals surface area contributed by atoms with E-state index < -0.39 is 0 Å². The molecule has 3 heterocycles. The van der Waals surface area contributed by atoms with Crippen LogP contribution in [0.3, 0.4) is 0 Å². The molecule has 0 unspecified atom stereocenters. The van der Waals surface area contributed by atoms with Gasteiger partial charge in [0.2, 0.25) is 0 Å². The zero-order chi connectivity index (χ0) is 21.0. The van der Waals surface area contributed by atoms with Crippen molar-refractivity contribution in [2.24, 2.45) is 0 Å². The van der Waals surface area contributed by atoms with Crippen molar-refractivity contribution in [3.63, 3.8) is 0 Å². The van der Waals surface area contributed by atoms with E-state index in [2.05, 4.69) is 30.5 Å². The van der Waals surface area contributed by atoms with Crippen LogP contribution < -0.4 is 5.32 Å². The van der Waals surface area contributed by atoms with Gasteiger partial charge in [-0.05, 0) is 24.6 Å². The number of furan rings is 1. The first-order chi connectivity index (χ1) is 15.3. The lowest BCUT2D eigenvalue weighted by atomic mass is 10.1. The fourth-order valence-electron chi connectivity index (χ4n) is 3.49. The number of nitrogens with one attached hydrogen (secondary N) is 3. The van der Waals surface area contributed by atoms with Gasteiger partial charge in [-0.2, -0.15) is 5.10 Å². The van der Waals surface area contributed by atoms with Crippen LogP contribution in [-0.4, -0.2) is 37.6 Å². The van der Waals surface area contributed by atoms with Gasteiger partial charge >= 0.3 is 0 Å². The van der Waals surface area contributed by atoms with Crippen LogP contribution in [0.1, 0.15) is 28.4 Å². The van der Waals surface area contributed by atoms with Crippen LogP contribution in [0, 0.1) is 0 Å². The average molecular weight is 433 g/mol. The van der Waals surface area contributed by atoms with Gasteiger partial charge in [-0.3, -0.25) is 9.89 Å². The van der Waals surface area contributed by atoms with Gasteiger partial charge in [0.15, 0.2) is 10.9 Å². The van der Waals surface area contributed by atoms with E-state index in [9.17, 15) is 4.79 Å². The first-order valence-electron chi connectivity index (χ1n) is 9.98. The molecule has 0 spiro atoms. The number of carbonyl (C=O) groups excluding carboxylic acids is 1. The third-order valence-corrected chi connectivity index (χ3v) is 5.87. The van der Waals surface area contributed by atoms with Crippen molar-refractivity contribution in [2.45, 2.75) is 23.8 Å². The molecule has 3 N–H and O–H groups in total. The molecule has 0 aliphatic carbocycles. The molecule has 0 aliphatic rings. The van der Waals surface area contributed by atoms with Crippen molar-refractivity contribution in [3.8, 4) is 0 Å². The van der Waals surface area contributed by atoms with Crippen LogP contribution >= 0.6 is 11.8 Å². The summed E-state index contributed by atoms with van der Waals surface area (Å²) in [7, 11) is 0. The molecule has 0 bridgehead atoms. The number of aryl methyl sites for hydroxylation is 1. The SMILES string of the molecule is O=C(NCCCc1nc2ccccc2[nH]1)c1oc2ccccc2c1CSc1ncn[nH]1. The number of aromatic amines is 2. The van der Waals surface area contributed by atoms with Gasteiger partial charge in [0.25, 0.3) is 5.91 Å². The van der Waals surface area contributed by atoms with E-state index in [1.807, 2.05) is 48.5 Å². The first-order valence-corrected chi connectivity index (χ1v) is 11.0. The molecule has 5 rings (SSSR count). The van der Waals surface area contributed by atoms with Gasteiger partial charge < -0.3 is 14.7 Å². The Morgan fingerprint density at radius 1 is 1.13 bits per heavy atom. The second-order valence-corrected chi connectivity index (χ2v) is 8.01. The molecule has 0 radical (unpaired) electrons. The van der Waals surface area contributed by atoms with Crippen molar-refractivity contribution in [1.82, 2.24) is 30.5 Å². The lowest BCUT2D eigenvalue weighted by Crippen LogP contribution is -2.25. The van der Waals surface area contributed by atoms with Crippen molar-refractivity contribution >= 4 is 39.7 Å². The van der Waals surface area contributed by atoms with Gasteiger partial charge in [-0.25, -0.2) is 9.97 Å². The molecule has 5 aromatic rings. The zero-order valence-corrected chi connectivity index (χ0v) is 17.4. The molecule has 156 valence electrons. The minimum atomic E-state index is -0.214. The number of rotatable bonds is 8. The summed E-state index contributed by atoms with van der Waals surface area (Å²) in [5.41, 5.74) is 3.53. The summed E-state index contributed by atoms with van der Waals surface area (Å²) in [6, 6.07) is 15.6. The van der Waals surface area contributed by atoms with Gasteiger partial charge in [0.05, 0.1) is 11.0 Å². The molecule has 0 aliphatic heterocycles. The molecular weight excluding hydrogens is 412 g/mol. The van der Waals surface area contributed by atoms with Crippen LogP contribution in [0.2, 0.25) is 0 Å². The number of aromatic nitrogens is 5. The van der Waals surface area contributed by atoms with Gasteiger partial charge in [-0.15, -0.1) is 0 Å². The Labute approximate surface area is 181 Å². The van der Waals surface area contributed by atoms with Gasteiger partial charge in [-0.1, -0.05) is 42.1 Å². The van der Waals surface area contributed by atoms with Crippen molar-refractivity contribution in [3.05, 3.63) is 72.0 Å². The number of hydrogen-bond donors (Lipinski definition) is 3. The molecule has 9 heteroatoms. The quantitative estimate of drug-likeness (QED) is 0.252. The fourth-order valence-corrected chi connectivity index (χ4v) is 4.30. The number of fused-ring (bicyclic) bond motifs is 2. The number of imidazole rings is 1. The highest BCUT2D eigenvalue weighted by Gasteiger charge is 2.20. The summed E-state index contributed by atoms with van der Waals surface area (Å²) < 4.78 is 5.90. The summed E-state index contributed by atoms with van der Waals surface area (Å²) in [5, 5.41) is 11.3. The minimum absolute atomic E-state index is 0.214. The highest BCUT2D eigenvalue weighted by molar-refractivity contribution is 7.98. The van der Waals surface area contributed by atoms with Crippen molar-refractivity contribution in [2.75, 3.05) is 6.54 Å².